The number of benzene rings is 10. The molecule has 0 fully saturated rings. The van der Waals surface area contributed by atoms with Crippen molar-refractivity contribution in [3.8, 4) is 77.9 Å². The Morgan fingerprint density at radius 2 is 0.761 bits per heavy atom. The van der Waals surface area contributed by atoms with E-state index < -0.39 is 0 Å². The van der Waals surface area contributed by atoms with Gasteiger partial charge in [0.25, 0.3) is 0 Å². The van der Waals surface area contributed by atoms with Crippen LogP contribution in [0.1, 0.15) is 0 Å². The van der Waals surface area contributed by atoms with Crippen LogP contribution >= 0.6 is 11.3 Å². The van der Waals surface area contributed by atoms with Gasteiger partial charge in [-0.1, -0.05) is 206 Å². The Bertz CT molecular complexity index is 3940. The maximum absolute atomic E-state index is 5.47. The lowest BCUT2D eigenvalue weighted by atomic mass is 9.90. The van der Waals surface area contributed by atoms with Crippen LogP contribution < -0.4 is 0 Å². The monoisotopic (exact) mass is 869 g/mol. The summed E-state index contributed by atoms with van der Waals surface area (Å²) in [6.07, 6.45) is 0. The third-order valence-corrected chi connectivity index (χ3v) is 14.3. The molecule has 3 nitrogen and oxygen atoms in total. The summed E-state index contributed by atoms with van der Waals surface area (Å²) in [5.41, 5.74) is 13.6. The van der Waals surface area contributed by atoms with Crippen LogP contribution in [0.3, 0.4) is 0 Å². The Morgan fingerprint density at radius 3 is 1.42 bits per heavy atom. The SMILES string of the molecule is c1ccc(-c2cc(-c3cccc(-c4cccc(-c5c(-c6ccc7c8ccccc8c8ccccc8c7c6)sc6c5c(-c5ccccc5)nc5ccccc56)c4)c3)nc(-c3ccccc3)n2)cc1. The Kier molecular flexibility index (Phi) is 9.36. The molecule has 312 valence electrons. The van der Waals surface area contributed by atoms with Gasteiger partial charge in [-0.25, -0.2) is 15.0 Å². The Morgan fingerprint density at radius 1 is 0.284 bits per heavy atom. The average Bonchev–Trinajstić information content (AvgIpc) is 3.83. The molecule has 0 aliphatic carbocycles. The molecule has 10 aromatic carbocycles. The summed E-state index contributed by atoms with van der Waals surface area (Å²) in [6, 6.07) is 84.5. The number of thiophene rings is 1. The fourth-order valence-electron chi connectivity index (χ4n) is 9.90. The Labute approximate surface area is 392 Å². The highest BCUT2D eigenvalue weighted by atomic mass is 32.1. The average molecular weight is 870 g/mol. The third-order valence-electron chi connectivity index (χ3n) is 13.1. The molecular weight excluding hydrogens is 831 g/mol. The molecule has 4 heteroatoms. The molecule has 0 bridgehead atoms. The van der Waals surface area contributed by atoms with Gasteiger partial charge in [-0.05, 0) is 84.9 Å². The van der Waals surface area contributed by atoms with Crippen molar-refractivity contribution < 1.29 is 0 Å². The molecular formula is C63H39N3S. The van der Waals surface area contributed by atoms with E-state index in [0.29, 0.717) is 5.82 Å². The van der Waals surface area contributed by atoms with Crippen molar-refractivity contribution in [1.29, 1.82) is 0 Å². The van der Waals surface area contributed by atoms with E-state index in [4.69, 9.17) is 15.0 Å². The van der Waals surface area contributed by atoms with E-state index in [-0.39, 0.29) is 0 Å². The molecule has 0 aliphatic rings. The van der Waals surface area contributed by atoms with Crippen molar-refractivity contribution in [2.24, 2.45) is 0 Å². The van der Waals surface area contributed by atoms with Crippen molar-refractivity contribution in [2.45, 2.75) is 0 Å². The Balaban J connectivity index is 1.03. The smallest absolute Gasteiger partial charge is 0.160 e. The fraction of sp³-hybridized carbons (Fsp3) is 0. The van der Waals surface area contributed by atoms with Crippen molar-refractivity contribution in [3.63, 3.8) is 0 Å². The van der Waals surface area contributed by atoms with Crippen LogP contribution in [0, 0.1) is 0 Å². The van der Waals surface area contributed by atoms with Crippen LogP contribution in [0.25, 0.3) is 131 Å². The lowest BCUT2D eigenvalue weighted by Crippen LogP contribution is -1.96. The van der Waals surface area contributed by atoms with Crippen molar-refractivity contribution in [3.05, 3.63) is 237 Å². The maximum atomic E-state index is 5.47. The van der Waals surface area contributed by atoms with E-state index in [1.54, 1.807) is 0 Å². The topological polar surface area (TPSA) is 38.7 Å². The van der Waals surface area contributed by atoms with Gasteiger partial charge in [0.05, 0.1) is 22.6 Å². The highest BCUT2D eigenvalue weighted by molar-refractivity contribution is 7.24. The van der Waals surface area contributed by atoms with Gasteiger partial charge in [-0.2, -0.15) is 0 Å². The highest BCUT2D eigenvalue weighted by Gasteiger charge is 2.24. The molecule has 0 atom stereocenters. The minimum Gasteiger partial charge on any atom is -0.247 e. The zero-order valence-corrected chi connectivity index (χ0v) is 37.1. The Hall–Kier alpha value is -8.57. The highest BCUT2D eigenvalue weighted by Crippen LogP contribution is 2.51. The van der Waals surface area contributed by atoms with Gasteiger partial charge in [-0.3, -0.25) is 0 Å². The minimum absolute atomic E-state index is 0.700. The molecule has 67 heavy (non-hydrogen) atoms. The molecule has 0 amide bonds. The minimum atomic E-state index is 0.700. The zero-order valence-electron chi connectivity index (χ0n) is 36.3. The molecule has 3 aromatic heterocycles. The summed E-state index contributed by atoms with van der Waals surface area (Å²) in [5.74, 6) is 0.700. The second-order valence-electron chi connectivity index (χ2n) is 17.1. The third kappa shape index (κ3) is 6.77. The van der Waals surface area contributed by atoms with E-state index in [1.165, 1.54) is 58.4 Å². The number of hydrogen-bond donors (Lipinski definition) is 0. The number of hydrogen-bond acceptors (Lipinski definition) is 4. The molecule has 0 spiro atoms. The summed E-state index contributed by atoms with van der Waals surface area (Å²) in [6.45, 7) is 0. The van der Waals surface area contributed by atoms with Gasteiger partial charge in [0.1, 0.15) is 0 Å². The van der Waals surface area contributed by atoms with Gasteiger partial charge in [-0.15, -0.1) is 11.3 Å². The van der Waals surface area contributed by atoms with Gasteiger partial charge < -0.3 is 0 Å². The van der Waals surface area contributed by atoms with E-state index in [9.17, 15) is 0 Å². The van der Waals surface area contributed by atoms with Crippen molar-refractivity contribution >= 4 is 64.6 Å². The van der Waals surface area contributed by atoms with Gasteiger partial charge >= 0.3 is 0 Å². The quantitative estimate of drug-likeness (QED) is 0.150. The second-order valence-corrected chi connectivity index (χ2v) is 18.1. The van der Waals surface area contributed by atoms with Crippen LogP contribution in [0.15, 0.2) is 237 Å². The largest absolute Gasteiger partial charge is 0.247 e. The van der Waals surface area contributed by atoms with E-state index in [0.717, 1.165) is 66.9 Å². The molecule has 0 aliphatic heterocycles. The molecule has 0 saturated carbocycles. The lowest BCUT2D eigenvalue weighted by Gasteiger charge is -2.14. The molecule has 13 rings (SSSR count). The molecule has 0 saturated heterocycles. The maximum Gasteiger partial charge on any atom is 0.160 e. The van der Waals surface area contributed by atoms with Gasteiger partial charge in [0.15, 0.2) is 5.82 Å². The molecule has 13 aromatic rings. The normalized spacial score (nSPS) is 11.6. The van der Waals surface area contributed by atoms with Gasteiger partial charge in [0, 0.05) is 48.2 Å². The predicted molar refractivity (Wildman–Crippen MR) is 283 cm³/mol. The van der Waals surface area contributed by atoms with Crippen molar-refractivity contribution in [1.82, 2.24) is 15.0 Å². The van der Waals surface area contributed by atoms with Gasteiger partial charge in [0.2, 0.25) is 0 Å². The first-order valence-electron chi connectivity index (χ1n) is 22.7. The summed E-state index contributed by atoms with van der Waals surface area (Å²) in [5, 5.41) is 9.91. The number of pyridine rings is 1. The summed E-state index contributed by atoms with van der Waals surface area (Å²) in [4.78, 5) is 16.9. The molecule has 0 unspecified atom stereocenters. The number of aromatic nitrogens is 3. The summed E-state index contributed by atoms with van der Waals surface area (Å²) < 4.78 is 1.23. The zero-order chi connectivity index (χ0) is 44.3. The molecule has 0 N–H and O–H groups in total. The first kappa shape index (κ1) is 38.9. The summed E-state index contributed by atoms with van der Waals surface area (Å²) >= 11 is 1.87. The summed E-state index contributed by atoms with van der Waals surface area (Å²) in [7, 11) is 0. The number of nitrogens with zero attached hydrogens (tertiary/aromatic N) is 3. The molecule has 3 heterocycles. The second kappa shape index (κ2) is 16.1. The van der Waals surface area contributed by atoms with Crippen LogP contribution in [0.5, 0.6) is 0 Å². The van der Waals surface area contributed by atoms with E-state index >= 15 is 0 Å². The van der Waals surface area contributed by atoms with Crippen LogP contribution in [0.2, 0.25) is 0 Å². The lowest BCUT2D eigenvalue weighted by molar-refractivity contribution is 1.18. The van der Waals surface area contributed by atoms with Crippen LogP contribution in [-0.4, -0.2) is 15.0 Å². The number of rotatable bonds is 7. The van der Waals surface area contributed by atoms with E-state index in [2.05, 4.69) is 212 Å². The van der Waals surface area contributed by atoms with Crippen LogP contribution in [-0.2, 0) is 0 Å². The first-order valence-corrected chi connectivity index (χ1v) is 23.5. The standard InChI is InChI=1S/C63H39N3S/c1-4-18-40(19-5-1)56-39-57(66-63(65-56)42-22-8-3-9-23-42)45-26-16-24-43(36-45)44-25-17-27-46(37-44)58-59-60(41-20-6-2-7-21-41)64-55-33-15-14-32-53(55)62(59)67-61(58)47-34-35-52-50-30-11-10-28-48(50)49-29-12-13-31-51(49)54(52)38-47/h1-39H. The fourth-order valence-corrected chi connectivity index (χ4v) is 11.3. The molecule has 0 radical (unpaired) electrons. The van der Waals surface area contributed by atoms with Crippen molar-refractivity contribution in [2.75, 3.05) is 0 Å². The number of fused-ring (bicyclic) bond motifs is 9. The van der Waals surface area contributed by atoms with Crippen LogP contribution in [0.4, 0.5) is 0 Å². The number of para-hydroxylation sites is 1. The first-order chi connectivity index (χ1) is 33.2. The van der Waals surface area contributed by atoms with E-state index in [1.807, 2.05) is 35.6 Å². The predicted octanol–water partition coefficient (Wildman–Crippen LogP) is 17.4.